The fourth-order valence-electron chi connectivity index (χ4n) is 0.470. The van der Waals surface area contributed by atoms with E-state index in [2.05, 4.69) is 4.40 Å². The minimum atomic E-state index is -0.284. The largest absolute Gasteiger partial charge is 0.292 e. The van der Waals surface area contributed by atoms with Gasteiger partial charge in [-0.15, -0.1) is 0 Å². The lowest BCUT2D eigenvalue weighted by molar-refractivity contribution is -0.110. The zero-order valence-electron chi connectivity index (χ0n) is 4.09. The predicted molar refractivity (Wildman–Crippen MR) is 33.3 cm³/mol. The maximum atomic E-state index is 10.3. The molecule has 0 saturated carbocycles. The van der Waals surface area contributed by atoms with Gasteiger partial charge in [0, 0.05) is 0 Å². The Morgan fingerprint density at radius 1 is 2.00 bits per heavy atom. The molecule has 1 unspecified atom stereocenters. The van der Waals surface area contributed by atoms with Crippen LogP contribution in [0.4, 0.5) is 0 Å². The molecule has 0 spiro atoms. The van der Waals surface area contributed by atoms with E-state index >= 15 is 0 Å². The van der Waals surface area contributed by atoms with E-state index in [4.69, 9.17) is 0 Å². The van der Waals surface area contributed by atoms with Crippen LogP contribution in [-0.2, 0) is 4.79 Å². The highest BCUT2D eigenvalue weighted by molar-refractivity contribution is 8.16. The topological polar surface area (TPSA) is 29.4 Å². The van der Waals surface area contributed by atoms with Crippen molar-refractivity contribution in [3.05, 3.63) is 0 Å². The molecule has 0 aliphatic carbocycles. The number of nitrogens with zero attached hydrogens (tertiary/aromatic N) is 1. The molecular formula is C4H7NOS. The van der Waals surface area contributed by atoms with Crippen molar-refractivity contribution in [1.82, 2.24) is 0 Å². The normalized spacial score (nSPS) is 34.4. The van der Waals surface area contributed by atoms with Gasteiger partial charge in [0.2, 0.25) is 0 Å². The Morgan fingerprint density at radius 3 is 2.86 bits per heavy atom. The minimum Gasteiger partial charge on any atom is -0.292 e. The molecule has 0 radical (unpaired) electrons. The van der Waals surface area contributed by atoms with Gasteiger partial charge in [0.25, 0.3) is 0 Å². The Labute approximate surface area is 45.1 Å². The monoisotopic (exact) mass is 117 g/mol. The molecule has 7 heavy (non-hydrogen) atoms. The molecular weight excluding hydrogens is 110 g/mol. The standard InChI is InChI=1S/C4H7NOS/c1-7-3-4(6)2-5-7/h2,7H,3H2,1H3. The molecule has 40 valence electrons. The van der Waals surface area contributed by atoms with Gasteiger partial charge in [-0.05, 0) is 6.26 Å². The van der Waals surface area contributed by atoms with E-state index in [1.807, 2.05) is 6.26 Å². The summed E-state index contributed by atoms with van der Waals surface area (Å²) >= 11 is -0.284. The summed E-state index contributed by atoms with van der Waals surface area (Å²) in [5.74, 6) is 0.864. The molecule has 0 aromatic heterocycles. The van der Waals surface area contributed by atoms with Crippen LogP contribution in [0.1, 0.15) is 0 Å². The maximum absolute atomic E-state index is 10.3. The zero-order chi connectivity index (χ0) is 5.28. The van der Waals surface area contributed by atoms with E-state index in [0.29, 0.717) is 5.75 Å². The van der Waals surface area contributed by atoms with Crippen molar-refractivity contribution < 1.29 is 4.79 Å². The lowest BCUT2D eigenvalue weighted by atomic mass is 10.5. The van der Waals surface area contributed by atoms with Gasteiger partial charge in [-0.25, -0.2) is 4.40 Å². The van der Waals surface area contributed by atoms with E-state index in [-0.39, 0.29) is 16.9 Å². The van der Waals surface area contributed by atoms with Gasteiger partial charge < -0.3 is 0 Å². The van der Waals surface area contributed by atoms with Gasteiger partial charge in [0.1, 0.15) is 0 Å². The third-order valence-corrected chi connectivity index (χ3v) is 2.06. The highest BCUT2D eigenvalue weighted by Gasteiger charge is 2.07. The summed E-state index contributed by atoms with van der Waals surface area (Å²) in [7, 11) is 0. The van der Waals surface area contributed by atoms with Gasteiger partial charge >= 0.3 is 0 Å². The van der Waals surface area contributed by atoms with Crippen molar-refractivity contribution >= 4 is 23.1 Å². The summed E-state index contributed by atoms with van der Waals surface area (Å²) in [6, 6.07) is 0. The molecule has 1 aliphatic rings. The summed E-state index contributed by atoms with van der Waals surface area (Å²) in [5.41, 5.74) is 0. The highest BCUT2D eigenvalue weighted by Crippen LogP contribution is 2.23. The van der Waals surface area contributed by atoms with Crippen LogP contribution >= 0.6 is 11.1 Å². The SMILES string of the molecule is C[SH]1CC(=O)C=N1. The Balaban J connectivity index is 2.58. The lowest BCUT2D eigenvalue weighted by Crippen LogP contribution is -1.95. The molecule has 2 nitrogen and oxygen atoms in total. The quantitative estimate of drug-likeness (QED) is 0.451. The van der Waals surface area contributed by atoms with E-state index in [0.717, 1.165) is 0 Å². The number of hydrogen-bond acceptors (Lipinski definition) is 2. The first-order valence-electron chi connectivity index (χ1n) is 2.07. The molecule has 1 aliphatic heterocycles. The Kier molecular flexibility index (Phi) is 1.15. The summed E-state index contributed by atoms with van der Waals surface area (Å²) < 4.78 is 3.91. The average molecular weight is 117 g/mol. The molecule has 0 N–H and O–H groups in total. The van der Waals surface area contributed by atoms with Crippen molar-refractivity contribution in [2.45, 2.75) is 0 Å². The highest BCUT2D eigenvalue weighted by atomic mass is 32.2. The molecule has 3 heteroatoms. The number of rotatable bonds is 0. The first-order valence-corrected chi connectivity index (χ1v) is 3.99. The van der Waals surface area contributed by atoms with Gasteiger partial charge in [-0.1, -0.05) is 0 Å². The summed E-state index contributed by atoms with van der Waals surface area (Å²) in [6.07, 6.45) is 3.43. The van der Waals surface area contributed by atoms with Gasteiger partial charge in [0.15, 0.2) is 5.78 Å². The second-order valence-electron chi connectivity index (χ2n) is 1.53. The van der Waals surface area contributed by atoms with E-state index in [1.165, 1.54) is 6.21 Å². The van der Waals surface area contributed by atoms with E-state index < -0.39 is 0 Å². The first-order chi connectivity index (χ1) is 3.29. The molecule has 1 heterocycles. The van der Waals surface area contributed by atoms with Crippen LogP contribution in [0.25, 0.3) is 0 Å². The van der Waals surface area contributed by atoms with Gasteiger partial charge in [-0.2, -0.15) is 11.1 Å². The van der Waals surface area contributed by atoms with E-state index in [9.17, 15) is 4.79 Å². The second-order valence-corrected chi connectivity index (χ2v) is 3.39. The van der Waals surface area contributed by atoms with Crippen molar-refractivity contribution in [2.75, 3.05) is 12.0 Å². The van der Waals surface area contributed by atoms with Crippen LogP contribution in [0, 0.1) is 0 Å². The fourth-order valence-corrected chi connectivity index (χ4v) is 1.41. The number of carbonyl (C=O) groups is 1. The van der Waals surface area contributed by atoms with Crippen molar-refractivity contribution in [2.24, 2.45) is 4.40 Å². The van der Waals surface area contributed by atoms with Crippen LogP contribution in [0.2, 0.25) is 0 Å². The predicted octanol–water partition coefficient (Wildman–Crippen LogP) is 0.186. The minimum absolute atomic E-state index is 0.189. The van der Waals surface area contributed by atoms with Gasteiger partial charge in [0.05, 0.1) is 12.0 Å². The number of hydrogen-bond donors (Lipinski definition) is 1. The number of ketones is 1. The fraction of sp³-hybridized carbons (Fsp3) is 0.500. The molecule has 0 amide bonds. The van der Waals surface area contributed by atoms with Crippen molar-refractivity contribution in [3.63, 3.8) is 0 Å². The molecule has 0 bridgehead atoms. The first kappa shape index (κ1) is 4.84. The maximum Gasteiger partial charge on any atom is 0.184 e. The van der Waals surface area contributed by atoms with Gasteiger partial charge in [-0.3, -0.25) is 4.79 Å². The molecule has 0 saturated heterocycles. The zero-order valence-corrected chi connectivity index (χ0v) is 4.98. The Morgan fingerprint density at radius 2 is 2.71 bits per heavy atom. The van der Waals surface area contributed by atoms with Crippen LogP contribution in [-0.4, -0.2) is 24.0 Å². The number of thiol groups is 1. The van der Waals surface area contributed by atoms with Crippen LogP contribution < -0.4 is 0 Å². The molecule has 0 fully saturated rings. The van der Waals surface area contributed by atoms with E-state index in [1.54, 1.807) is 0 Å². The average Bonchev–Trinajstić information content (AvgIpc) is 1.87. The second kappa shape index (κ2) is 1.66. The third kappa shape index (κ3) is 1.03. The smallest absolute Gasteiger partial charge is 0.184 e. The number of carbonyl (C=O) groups excluding carboxylic acids is 1. The molecule has 1 rings (SSSR count). The lowest BCUT2D eigenvalue weighted by Gasteiger charge is -1.95. The van der Waals surface area contributed by atoms with Crippen molar-refractivity contribution in [3.8, 4) is 0 Å². The molecule has 0 aromatic rings. The van der Waals surface area contributed by atoms with Crippen LogP contribution in [0.5, 0.6) is 0 Å². The summed E-state index contributed by atoms with van der Waals surface area (Å²) in [5, 5.41) is 0. The van der Waals surface area contributed by atoms with Crippen LogP contribution in [0.15, 0.2) is 4.40 Å². The molecule has 1 atom stereocenters. The summed E-state index contributed by atoms with van der Waals surface area (Å²) in [6.45, 7) is 0. The van der Waals surface area contributed by atoms with Crippen LogP contribution in [0.3, 0.4) is 0 Å². The Bertz CT molecular complexity index is 121. The number of Topliss-reactive ketones (excluding diaryl/α,β-unsaturated/α-hetero) is 1. The van der Waals surface area contributed by atoms with Crippen molar-refractivity contribution in [1.29, 1.82) is 0 Å². The Hall–Kier alpha value is -0.310. The third-order valence-electron chi connectivity index (χ3n) is 0.784. The molecule has 0 aromatic carbocycles. The summed E-state index contributed by atoms with van der Waals surface area (Å²) in [4.78, 5) is 10.3.